The van der Waals surface area contributed by atoms with Crippen LogP contribution in [-0.4, -0.2) is 6.54 Å². The van der Waals surface area contributed by atoms with Gasteiger partial charge in [0, 0.05) is 6.04 Å². The highest BCUT2D eigenvalue weighted by Gasteiger charge is 2.20. The zero-order valence-electron chi connectivity index (χ0n) is 11.2. The maximum atomic E-state index is 3.65. The van der Waals surface area contributed by atoms with Crippen LogP contribution in [0.25, 0.3) is 11.1 Å². The highest BCUT2D eigenvalue weighted by molar-refractivity contribution is 5.77. The summed E-state index contributed by atoms with van der Waals surface area (Å²) >= 11 is 0. The number of hydrogen-bond acceptors (Lipinski definition) is 1. The van der Waals surface area contributed by atoms with Gasteiger partial charge < -0.3 is 5.32 Å². The van der Waals surface area contributed by atoms with Crippen LogP contribution < -0.4 is 5.32 Å². The molecule has 1 atom stereocenters. The lowest BCUT2D eigenvalue weighted by atomic mass is 9.94. The summed E-state index contributed by atoms with van der Waals surface area (Å²) < 4.78 is 0. The molecule has 0 amide bonds. The van der Waals surface area contributed by atoms with Crippen molar-refractivity contribution in [1.29, 1.82) is 0 Å². The summed E-state index contributed by atoms with van der Waals surface area (Å²) in [6, 6.07) is 16.4. The summed E-state index contributed by atoms with van der Waals surface area (Å²) in [4.78, 5) is 0. The first kappa shape index (κ1) is 11.2. The summed E-state index contributed by atoms with van der Waals surface area (Å²) in [5, 5.41) is 3.65. The van der Waals surface area contributed by atoms with Crippen LogP contribution in [0.1, 0.15) is 42.0 Å². The fourth-order valence-corrected chi connectivity index (χ4v) is 3.52. The standard InChI is InChI=1S/C18H19N/c1-2-6-16-13(5-1)11-15-12-14(8-9-17(15)16)18-7-3-4-10-19-18/h1-2,5-6,8-9,12,18-19H,3-4,7,10-11H2/t18-/m1/s1. The third-order valence-corrected chi connectivity index (χ3v) is 4.53. The molecule has 1 N–H and O–H groups in total. The average Bonchev–Trinajstić information content (AvgIpc) is 2.86. The highest BCUT2D eigenvalue weighted by atomic mass is 14.9. The Kier molecular flexibility index (Phi) is 2.66. The predicted octanol–water partition coefficient (Wildman–Crippen LogP) is 4.07. The van der Waals surface area contributed by atoms with Crippen molar-refractivity contribution < 1.29 is 0 Å². The van der Waals surface area contributed by atoms with Gasteiger partial charge in [-0.25, -0.2) is 0 Å². The largest absolute Gasteiger partial charge is 0.310 e. The van der Waals surface area contributed by atoms with Crippen molar-refractivity contribution in [2.24, 2.45) is 0 Å². The second-order valence-electron chi connectivity index (χ2n) is 5.75. The van der Waals surface area contributed by atoms with Crippen LogP contribution in [0.3, 0.4) is 0 Å². The van der Waals surface area contributed by atoms with E-state index in [9.17, 15) is 0 Å². The molecule has 1 fully saturated rings. The first-order valence-electron chi connectivity index (χ1n) is 7.36. The van der Waals surface area contributed by atoms with Gasteiger partial charge in [0.05, 0.1) is 0 Å². The van der Waals surface area contributed by atoms with E-state index >= 15 is 0 Å². The molecule has 1 heterocycles. The van der Waals surface area contributed by atoms with Crippen molar-refractivity contribution in [2.45, 2.75) is 31.7 Å². The van der Waals surface area contributed by atoms with Crippen molar-refractivity contribution in [1.82, 2.24) is 5.32 Å². The van der Waals surface area contributed by atoms with Crippen LogP contribution in [0.15, 0.2) is 42.5 Å². The minimum Gasteiger partial charge on any atom is -0.310 e. The monoisotopic (exact) mass is 249 g/mol. The number of fused-ring (bicyclic) bond motifs is 3. The van der Waals surface area contributed by atoms with Gasteiger partial charge in [-0.2, -0.15) is 0 Å². The van der Waals surface area contributed by atoms with Gasteiger partial charge in [0.25, 0.3) is 0 Å². The Bertz CT molecular complexity index is 609. The van der Waals surface area contributed by atoms with Gasteiger partial charge in [0.1, 0.15) is 0 Å². The van der Waals surface area contributed by atoms with Crippen LogP contribution in [0, 0.1) is 0 Å². The van der Waals surface area contributed by atoms with Crippen molar-refractivity contribution in [3.05, 3.63) is 59.2 Å². The molecule has 19 heavy (non-hydrogen) atoms. The van der Waals surface area contributed by atoms with E-state index in [4.69, 9.17) is 0 Å². The molecule has 0 bridgehead atoms. The second-order valence-corrected chi connectivity index (χ2v) is 5.75. The third kappa shape index (κ3) is 1.89. The van der Waals surface area contributed by atoms with E-state index in [0.29, 0.717) is 6.04 Å². The van der Waals surface area contributed by atoms with Crippen LogP contribution in [0.2, 0.25) is 0 Å². The number of piperidine rings is 1. The molecule has 1 heteroatoms. The van der Waals surface area contributed by atoms with E-state index in [1.165, 1.54) is 53.6 Å². The molecule has 2 aromatic carbocycles. The molecule has 0 aromatic heterocycles. The number of benzene rings is 2. The molecule has 2 aromatic rings. The highest BCUT2D eigenvalue weighted by Crippen LogP contribution is 2.38. The molecule has 96 valence electrons. The first-order chi connectivity index (χ1) is 9.42. The van der Waals surface area contributed by atoms with Crippen molar-refractivity contribution in [3.8, 4) is 11.1 Å². The Labute approximate surface area is 114 Å². The van der Waals surface area contributed by atoms with Gasteiger partial charge in [0.2, 0.25) is 0 Å². The summed E-state index contributed by atoms with van der Waals surface area (Å²) in [6.45, 7) is 1.17. The van der Waals surface area contributed by atoms with E-state index in [1.54, 1.807) is 0 Å². The SMILES string of the molecule is c1ccc2c(c1)Cc1cc([C@H]3CCCCN3)ccc1-2. The Morgan fingerprint density at radius 1 is 0.895 bits per heavy atom. The Balaban J connectivity index is 1.71. The van der Waals surface area contributed by atoms with Gasteiger partial charge in [-0.3, -0.25) is 0 Å². The topological polar surface area (TPSA) is 12.0 Å². The molecule has 0 radical (unpaired) electrons. The minimum atomic E-state index is 0.572. The molecule has 0 saturated carbocycles. The number of nitrogens with one attached hydrogen (secondary N) is 1. The maximum Gasteiger partial charge on any atom is 0.0320 e. The molecule has 4 rings (SSSR count). The van der Waals surface area contributed by atoms with Crippen LogP contribution >= 0.6 is 0 Å². The molecule has 1 aliphatic heterocycles. The molecule has 1 saturated heterocycles. The lowest BCUT2D eigenvalue weighted by molar-refractivity contribution is 0.412. The van der Waals surface area contributed by atoms with Gasteiger partial charge in [-0.15, -0.1) is 0 Å². The Morgan fingerprint density at radius 2 is 1.79 bits per heavy atom. The molecule has 1 aliphatic carbocycles. The number of rotatable bonds is 1. The maximum absolute atomic E-state index is 3.65. The zero-order valence-corrected chi connectivity index (χ0v) is 11.2. The van der Waals surface area contributed by atoms with Crippen molar-refractivity contribution >= 4 is 0 Å². The van der Waals surface area contributed by atoms with Crippen molar-refractivity contribution in [3.63, 3.8) is 0 Å². The first-order valence-corrected chi connectivity index (χ1v) is 7.36. The third-order valence-electron chi connectivity index (χ3n) is 4.53. The van der Waals surface area contributed by atoms with E-state index in [0.717, 1.165) is 6.42 Å². The molecule has 2 aliphatic rings. The van der Waals surface area contributed by atoms with E-state index in [1.807, 2.05) is 0 Å². The van der Waals surface area contributed by atoms with Gasteiger partial charge in [-0.05, 0) is 53.6 Å². The van der Waals surface area contributed by atoms with Gasteiger partial charge in [0.15, 0.2) is 0 Å². The fourth-order valence-electron chi connectivity index (χ4n) is 3.52. The van der Waals surface area contributed by atoms with Gasteiger partial charge in [-0.1, -0.05) is 48.9 Å². The normalized spacial score (nSPS) is 20.9. The number of hydrogen-bond donors (Lipinski definition) is 1. The quantitative estimate of drug-likeness (QED) is 0.685. The van der Waals surface area contributed by atoms with E-state index in [-0.39, 0.29) is 0 Å². The molecule has 0 spiro atoms. The van der Waals surface area contributed by atoms with Crippen LogP contribution in [-0.2, 0) is 6.42 Å². The summed E-state index contributed by atoms with van der Waals surface area (Å²) in [6.07, 6.45) is 5.07. The minimum absolute atomic E-state index is 0.572. The Hall–Kier alpha value is -1.60. The van der Waals surface area contributed by atoms with Crippen molar-refractivity contribution in [2.75, 3.05) is 6.54 Å². The lowest BCUT2D eigenvalue weighted by Gasteiger charge is -2.24. The molecule has 0 unspecified atom stereocenters. The second kappa shape index (κ2) is 4.50. The lowest BCUT2D eigenvalue weighted by Crippen LogP contribution is -2.26. The van der Waals surface area contributed by atoms with E-state index < -0.39 is 0 Å². The molecule has 1 nitrogen and oxygen atoms in total. The smallest absolute Gasteiger partial charge is 0.0320 e. The average molecular weight is 249 g/mol. The fraction of sp³-hybridized carbons (Fsp3) is 0.333. The summed E-state index contributed by atoms with van der Waals surface area (Å²) in [5.41, 5.74) is 7.33. The zero-order chi connectivity index (χ0) is 12.7. The van der Waals surface area contributed by atoms with E-state index in [2.05, 4.69) is 47.8 Å². The summed E-state index contributed by atoms with van der Waals surface area (Å²) in [7, 11) is 0. The van der Waals surface area contributed by atoms with Crippen LogP contribution in [0.5, 0.6) is 0 Å². The predicted molar refractivity (Wildman–Crippen MR) is 79.3 cm³/mol. The summed E-state index contributed by atoms with van der Waals surface area (Å²) in [5.74, 6) is 0. The van der Waals surface area contributed by atoms with Crippen LogP contribution in [0.4, 0.5) is 0 Å². The Morgan fingerprint density at radius 3 is 2.68 bits per heavy atom. The molecular formula is C18H19N. The van der Waals surface area contributed by atoms with Gasteiger partial charge >= 0.3 is 0 Å². The molecular weight excluding hydrogens is 230 g/mol.